The van der Waals surface area contributed by atoms with Gasteiger partial charge in [0.2, 0.25) is 0 Å². The average Bonchev–Trinajstić information content (AvgIpc) is 3.44. The summed E-state index contributed by atoms with van der Waals surface area (Å²) in [7, 11) is 0. The Hall–Kier alpha value is -3.46. The number of rotatable bonds is 5. The molecule has 0 radical (unpaired) electrons. The second kappa shape index (κ2) is 8.11. The Balaban J connectivity index is 1.54. The fourth-order valence-electron chi connectivity index (χ4n) is 2.91. The third kappa shape index (κ3) is 4.25. The first-order valence-electron chi connectivity index (χ1n) is 8.90. The number of carbonyl (C=O) groups is 1. The van der Waals surface area contributed by atoms with E-state index in [9.17, 15) is 18.0 Å². The summed E-state index contributed by atoms with van der Waals surface area (Å²) >= 11 is 1.44. The summed E-state index contributed by atoms with van der Waals surface area (Å²) in [6.45, 7) is 0. The van der Waals surface area contributed by atoms with E-state index in [1.165, 1.54) is 17.5 Å². The van der Waals surface area contributed by atoms with Crippen LogP contribution < -0.4 is 5.32 Å². The highest BCUT2D eigenvalue weighted by Crippen LogP contribution is 2.28. The van der Waals surface area contributed by atoms with E-state index in [2.05, 4.69) is 15.4 Å². The van der Waals surface area contributed by atoms with E-state index in [0.717, 1.165) is 21.3 Å². The molecule has 1 atom stereocenters. The van der Waals surface area contributed by atoms with Crippen LogP contribution in [0, 0.1) is 0 Å². The molecular weight excluding hydrogens is 413 g/mol. The predicted molar refractivity (Wildman–Crippen MR) is 106 cm³/mol. The van der Waals surface area contributed by atoms with Crippen LogP contribution in [-0.4, -0.2) is 20.7 Å². The van der Waals surface area contributed by atoms with Crippen molar-refractivity contribution < 1.29 is 18.0 Å². The van der Waals surface area contributed by atoms with Crippen LogP contribution in [0.1, 0.15) is 32.7 Å². The third-order valence-electron chi connectivity index (χ3n) is 4.38. The zero-order valence-corrected chi connectivity index (χ0v) is 16.2. The molecule has 1 unspecified atom stereocenters. The first kappa shape index (κ1) is 19.8. The van der Waals surface area contributed by atoms with Crippen LogP contribution in [0.25, 0.3) is 5.69 Å². The molecule has 0 bridgehead atoms. The Morgan fingerprint density at radius 1 is 1.03 bits per heavy atom. The molecule has 30 heavy (non-hydrogen) atoms. The number of carbonyl (C=O) groups excluding carboxylic acids is 1. The number of amides is 1. The molecule has 0 aliphatic rings. The van der Waals surface area contributed by atoms with Gasteiger partial charge in [0.05, 0.1) is 5.69 Å². The molecule has 2 aromatic heterocycles. The molecule has 4 aromatic rings. The lowest BCUT2D eigenvalue weighted by molar-refractivity contribution is -0.141. The van der Waals surface area contributed by atoms with Gasteiger partial charge >= 0.3 is 6.18 Å². The van der Waals surface area contributed by atoms with Crippen molar-refractivity contribution in [2.45, 2.75) is 12.2 Å². The Morgan fingerprint density at radius 3 is 2.37 bits per heavy atom. The van der Waals surface area contributed by atoms with Gasteiger partial charge in [-0.1, -0.05) is 30.3 Å². The third-order valence-corrected chi connectivity index (χ3v) is 5.22. The summed E-state index contributed by atoms with van der Waals surface area (Å²) in [6, 6.07) is 16.2. The SMILES string of the molecule is O=C(NC(c1ccccc1)c1nccs1)c1ccc(-n2ccc(C(F)(F)F)n2)cc1. The minimum Gasteiger partial charge on any atom is -0.339 e. The lowest BCUT2D eigenvalue weighted by Crippen LogP contribution is -2.29. The van der Waals surface area contributed by atoms with Crippen molar-refractivity contribution in [2.24, 2.45) is 0 Å². The van der Waals surface area contributed by atoms with Gasteiger partial charge < -0.3 is 5.32 Å². The highest BCUT2D eigenvalue weighted by atomic mass is 32.1. The number of nitrogens with zero attached hydrogens (tertiary/aromatic N) is 3. The Kier molecular flexibility index (Phi) is 5.37. The first-order chi connectivity index (χ1) is 14.4. The van der Waals surface area contributed by atoms with Crippen LogP contribution in [0.4, 0.5) is 13.2 Å². The van der Waals surface area contributed by atoms with Crippen molar-refractivity contribution in [3.05, 3.63) is 100 Å². The Morgan fingerprint density at radius 2 is 1.77 bits per heavy atom. The summed E-state index contributed by atoms with van der Waals surface area (Å²) in [6.07, 6.45) is -1.60. The van der Waals surface area contributed by atoms with E-state index < -0.39 is 17.9 Å². The monoisotopic (exact) mass is 428 g/mol. The molecule has 9 heteroatoms. The summed E-state index contributed by atoms with van der Waals surface area (Å²) in [4.78, 5) is 17.1. The molecule has 0 saturated heterocycles. The van der Waals surface area contributed by atoms with E-state index in [-0.39, 0.29) is 5.91 Å². The molecular formula is C21H15F3N4OS. The number of hydrogen-bond donors (Lipinski definition) is 1. The van der Waals surface area contributed by atoms with Crippen LogP contribution in [0.3, 0.4) is 0 Å². The molecule has 2 heterocycles. The molecule has 0 aliphatic heterocycles. The van der Waals surface area contributed by atoms with E-state index in [0.29, 0.717) is 11.3 Å². The summed E-state index contributed by atoms with van der Waals surface area (Å²) in [5.41, 5.74) is 0.716. The quantitative estimate of drug-likeness (QED) is 0.494. The van der Waals surface area contributed by atoms with Crippen LogP contribution in [-0.2, 0) is 6.18 Å². The summed E-state index contributed by atoms with van der Waals surface area (Å²) < 4.78 is 39.3. The van der Waals surface area contributed by atoms with Crippen LogP contribution in [0.5, 0.6) is 0 Å². The molecule has 0 aliphatic carbocycles. The molecule has 2 aromatic carbocycles. The van der Waals surface area contributed by atoms with Gasteiger partial charge in [-0.15, -0.1) is 11.3 Å². The van der Waals surface area contributed by atoms with E-state index in [1.807, 2.05) is 35.7 Å². The van der Waals surface area contributed by atoms with Gasteiger partial charge in [0, 0.05) is 23.3 Å². The van der Waals surface area contributed by atoms with Crippen molar-refractivity contribution in [1.29, 1.82) is 0 Å². The summed E-state index contributed by atoms with van der Waals surface area (Å²) in [5.74, 6) is -0.318. The zero-order valence-electron chi connectivity index (χ0n) is 15.4. The number of nitrogens with one attached hydrogen (secondary N) is 1. The zero-order chi connectivity index (χ0) is 21.1. The molecule has 5 nitrogen and oxygen atoms in total. The molecule has 1 N–H and O–H groups in total. The highest BCUT2D eigenvalue weighted by molar-refractivity contribution is 7.09. The largest absolute Gasteiger partial charge is 0.435 e. The van der Waals surface area contributed by atoms with Crippen LogP contribution in [0.15, 0.2) is 78.4 Å². The van der Waals surface area contributed by atoms with Crippen molar-refractivity contribution in [1.82, 2.24) is 20.1 Å². The maximum absolute atomic E-state index is 12.8. The number of alkyl halides is 3. The van der Waals surface area contributed by atoms with E-state index in [1.54, 1.807) is 30.5 Å². The fourth-order valence-corrected chi connectivity index (χ4v) is 3.62. The van der Waals surface area contributed by atoms with Crippen molar-refractivity contribution in [3.8, 4) is 5.69 Å². The maximum Gasteiger partial charge on any atom is 0.435 e. The number of aromatic nitrogens is 3. The topological polar surface area (TPSA) is 59.8 Å². The fraction of sp³-hybridized carbons (Fsp3) is 0.0952. The standard InChI is InChI=1S/C21H15F3N4OS/c22-21(23,24)17-10-12-28(27-17)16-8-6-15(7-9-16)19(29)26-18(20-25-11-13-30-20)14-4-2-1-3-5-14/h1-13,18H,(H,26,29). The van der Waals surface area contributed by atoms with Crippen molar-refractivity contribution >= 4 is 17.2 Å². The lowest BCUT2D eigenvalue weighted by Gasteiger charge is -2.17. The van der Waals surface area contributed by atoms with Gasteiger partial charge in [0.1, 0.15) is 11.0 Å². The maximum atomic E-state index is 12.8. The Labute approximate surface area is 173 Å². The second-order valence-electron chi connectivity index (χ2n) is 6.38. The van der Waals surface area contributed by atoms with Crippen molar-refractivity contribution in [3.63, 3.8) is 0 Å². The van der Waals surface area contributed by atoms with Crippen LogP contribution >= 0.6 is 11.3 Å². The predicted octanol–water partition coefficient (Wildman–Crippen LogP) is 4.87. The summed E-state index contributed by atoms with van der Waals surface area (Å²) in [5, 5.41) is 9.10. The first-order valence-corrected chi connectivity index (χ1v) is 9.78. The number of benzene rings is 2. The van der Waals surface area contributed by atoms with Gasteiger partial charge in [-0.3, -0.25) is 4.79 Å². The highest BCUT2D eigenvalue weighted by Gasteiger charge is 2.33. The normalized spacial score (nSPS) is 12.5. The van der Waals surface area contributed by atoms with Gasteiger partial charge in [-0.05, 0) is 35.9 Å². The number of hydrogen-bond acceptors (Lipinski definition) is 4. The van der Waals surface area contributed by atoms with Crippen molar-refractivity contribution in [2.75, 3.05) is 0 Å². The van der Waals surface area contributed by atoms with Gasteiger partial charge in [0.15, 0.2) is 5.69 Å². The molecule has 0 spiro atoms. The molecule has 4 rings (SSSR count). The second-order valence-corrected chi connectivity index (χ2v) is 7.30. The number of halogens is 3. The molecule has 1 amide bonds. The lowest BCUT2D eigenvalue weighted by atomic mass is 10.1. The van der Waals surface area contributed by atoms with Crippen LogP contribution in [0.2, 0.25) is 0 Å². The average molecular weight is 428 g/mol. The van der Waals surface area contributed by atoms with E-state index in [4.69, 9.17) is 0 Å². The van der Waals surface area contributed by atoms with Gasteiger partial charge in [-0.25, -0.2) is 9.67 Å². The van der Waals surface area contributed by atoms with E-state index >= 15 is 0 Å². The molecule has 0 saturated carbocycles. The number of thiazole rings is 1. The molecule has 0 fully saturated rings. The Bertz CT molecular complexity index is 1120. The van der Waals surface area contributed by atoms with Gasteiger partial charge in [-0.2, -0.15) is 18.3 Å². The smallest absolute Gasteiger partial charge is 0.339 e. The minimum absolute atomic E-state index is 0.318. The minimum atomic E-state index is -4.51. The molecule has 152 valence electrons. The van der Waals surface area contributed by atoms with Gasteiger partial charge in [0.25, 0.3) is 5.91 Å².